The molecule has 1 aliphatic carbocycles. The number of hydrogen-bond acceptors (Lipinski definition) is 3. The first kappa shape index (κ1) is 12.5. The summed E-state index contributed by atoms with van der Waals surface area (Å²) in [6.07, 6.45) is 5.40. The Morgan fingerprint density at radius 2 is 2.07 bits per heavy atom. The highest BCUT2D eigenvalue weighted by Gasteiger charge is 2.40. The van der Waals surface area contributed by atoms with E-state index in [2.05, 4.69) is 6.92 Å². The Hall–Kier alpha value is -0.570. The van der Waals surface area contributed by atoms with E-state index in [1.807, 2.05) is 6.92 Å². The summed E-state index contributed by atoms with van der Waals surface area (Å²) in [6, 6.07) is 0.0414. The Morgan fingerprint density at radius 3 is 2.47 bits per heavy atom. The standard InChI is InChI=1S/C12H23NO2/c1-9(13)12(2,8-11(14)15-3)10-6-4-5-7-10/h9-10H,4-8,13H2,1-3H3. The Bertz CT molecular complexity index is 222. The fourth-order valence-electron chi connectivity index (χ4n) is 2.65. The van der Waals surface area contributed by atoms with E-state index in [0.29, 0.717) is 12.3 Å². The molecular formula is C12H23NO2. The molecule has 0 aromatic heterocycles. The van der Waals surface area contributed by atoms with Crippen molar-refractivity contribution in [2.75, 3.05) is 7.11 Å². The third-order valence-corrected chi connectivity index (χ3v) is 4.08. The van der Waals surface area contributed by atoms with E-state index in [0.717, 1.165) is 0 Å². The SMILES string of the molecule is COC(=O)CC(C)(C(C)N)C1CCCC1. The first-order chi connectivity index (χ1) is 7.00. The molecule has 0 aromatic carbocycles. The molecule has 0 amide bonds. The quantitative estimate of drug-likeness (QED) is 0.727. The van der Waals surface area contributed by atoms with Gasteiger partial charge in [0.15, 0.2) is 0 Å². The second-order valence-corrected chi connectivity index (χ2v) is 5.03. The van der Waals surface area contributed by atoms with Gasteiger partial charge in [-0.25, -0.2) is 0 Å². The second-order valence-electron chi connectivity index (χ2n) is 5.03. The van der Waals surface area contributed by atoms with Crippen LogP contribution in [0.15, 0.2) is 0 Å². The van der Waals surface area contributed by atoms with Crippen LogP contribution in [0.1, 0.15) is 46.0 Å². The van der Waals surface area contributed by atoms with Crippen molar-refractivity contribution in [1.82, 2.24) is 0 Å². The molecule has 2 atom stereocenters. The summed E-state index contributed by atoms with van der Waals surface area (Å²) in [5, 5.41) is 0. The number of methoxy groups -OCH3 is 1. The van der Waals surface area contributed by atoms with Crippen molar-refractivity contribution in [2.24, 2.45) is 17.1 Å². The van der Waals surface area contributed by atoms with E-state index in [-0.39, 0.29) is 17.4 Å². The van der Waals surface area contributed by atoms with Crippen LogP contribution in [0.2, 0.25) is 0 Å². The number of nitrogens with two attached hydrogens (primary N) is 1. The highest BCUT2D eigenvalue weighted by molar-refractivity contribution is 5.70. The average molecular weight is 213 g/mol. The normalized spacial score (nSPS) is 23.5. The molecule has 3 nitrogen and oxygen atoms in total. The molecule has 88 valence electrons. The summed E-state index contributed by atoms with van der Waals surface area (Å²) in [6.45, 7) is 4.13. The van der Waals surface area contributed by atoms with Gasteiger partial charge in [-0.05, 0) is 31.1 Å². The van der Waals surface area contributed by atoms with Crippen molar-refractivity contribution in [2.45, 2.75) is 52.0 Å². The van der Waals surface area contributed by atoms with E-state index in [1.54, 1.807) is 0 Å². The molecule has 1 saturated carbocycles. The number of esters is 1. The number of rotatable bonds is 4. The van der Waals surface area contributed by atoms with Gasteiger partial charge in [-0.1, -0.05) is 19.8 Å². The lowest BCUT2D eigenvalue weighted by atomic mass is 9.69. The van der Waals surface area contributed by atoms with Crippen molar-refractivity contribution in [3.05, 3.63) is 0 Å². The number of carbonyl (C=O) groups excluding carboxylic acids is 1. The van der Waals surface area contributed by atoms with Gasteiger partial charge in [-0.3, -0.25) is 4.79 Å². The van der Waals surface area contributed by atoms with Gasteiger partial charge in [0.2, 0.25) is 0 Å². The maximum Gasteiger partial charge on any atom is 0.306 e. The molecule has 2 N–H and O–H groups in total. The van der Waals surface area contributed by atoms with E-state index in [4.69, 9.17) is 10.5 Å². The van der Waals surface area contributed by atoms with Crippen molar-refractivity contribution in [3.8, 4) is 0 Å². The Labute approximate surface area is 92.4 Å². The van der Waals surface area contributed by atoms with Crippen molar-refractivity contribution >= 4 is 5.97 Å². The van der Waals surface area contributed by atoms with Crippen molar-refractivity contribution in [1.29, 1.82) is 0 Å². The lowest BCUT2D eigenvalue weighted by Gasteiger charge is -2.38. The molecule has 3 heteroatoms. The topological polar surface area (TPSA) is 52.3 Å². The van der Waals surface area contributed by atoms with Crippen LogP contribution >= 0.6 is 0 Å². The second kappa shape index (κ2) is 4.97. The summed E-state index contributed by atoms with van der Waals surface area (Å²) >= 11 is 0. The largest absolute Gasteiger partial charge is 0.469 e. The monoisotopic (exact) mass is 213 g/mol. The van der Waals surface area contributed by atoms with Gasteiger partial charge in [-0.2, -0.15) is 0 Å². The zero-order chi connectivity index (χ0) is 11.5. The molecular weight excluding hydrogens is 190 g/mol. The van der Waals surface area contributed by atoms with Gasteiger partial charge >= 0.3 is 5.97 Å². The van der Waals surface area contributed by atoms with E-state index >= 15 is 0 Å². The predicted molar refractivity (Wildman–Crippen MR) is 60.3 cm³/mol. The van der Waals surface area contributed by atoms with Crippen LogP contribution in [0.3, 0.4) is 0 Å². The van der Waals surface area contributed by atoms with Crippen molar-refractivity contribution < 1.29 is 9.53 Å². The van der Waals surface area contributed by atoms with Crippen LogP contribution < -0.4 is 5.73 Å². The molecule has 0 bridgehead atoms. The van der Waals surface area contributed by atoms with Crippen LogP contribution in [0.4, 0.5) is 0 Å². The van der Waals surface area contributed by atoms with E-state index in [9.17, 15) is 4.79 Å². The van der Waals surface area contributed by atoms with Gasteiger partial charge in [0.1, 0.15) is 0 Å². The molecule has 0 spiro atoms. The van der Waals surface area contributed by atoms with Gasteiger partial charge in [0.25, 0.3) is 0 Å². The lowest BCUT2D eigenvalue weighted by Crippen LogP contribution is -2.44. The fraction of sp³-hybridized carbons (Fsp3) is 0.917. The Balaban J connectivity index is 2.72. The number of ether oxygens (including phenoxy) is 1. The fourth-order valence-corrected chi connectivity index (χ4v) is 2.65. The van der Waals surface area contributed by atoms with Gasteiger partial charge < -0.3 is 10.5 Å². The van der Waals surface area contributed by atoms with Crippen LogP contribution in [0.25, 0.3) is 0 Å². The van der Waals surface area contributed by atoms with E-state index < -0.39 is 0 Å². The maximum atomic E-state index is 11.4. The maximum absolute atomic E-state index is 11.4. The highest BCUT2D eigenvalue weighted by Crippen LogP contribution is 2.44. The molecule has 15 heavy (non-hydrogen) atoms. The predicted octanol–water partition coefficient (Wildman–Crippen LogP) is 2.09. The summed E-state index contributed by atoms with van der Waals surface area (Å²) in [7, 11) is 1.44. The minimum Gasteiger partial charge on any atom is -0.469 e. The molecule has 0 heterocycles. The number of hydrogen-bond donors (Lipinski definition) is 1. The summed E-state index contributed by atoms with van der Waals surface area (Å²) in [5.41, 5.74) is 5.95. The van der Waals surface area contributed by atoms with Crippen LogP contribution in [0.5, 0.6) is 0 Å². The van der Waals surface area contributed by atoms with Crippen LogP contribution in [0, 0.1) is 11.3 Å². The summed E-state index contributed by atoms with van der Waals surface area (Å²) < 4.78 is 4.76. The molecule has 0 aromatic rings. The van der Waals surface area contributed by atoms with Crippen LogP contribution in [-0.4, -0.2) is 19.1 Å². The van der Waals surface area contributed by atoms with Crippen molar-refractivity contribution in [3.63, 3.8) is 0 Å². The minimum atomic E-state index is -0.137. The van der Waals surface area contributed by atoms with Crippen LogP contribution in [-0.2, 0) is 9.53 Å². The molecule has 0 radical (unpaired) electrons. The molecule has 0 aliphatic heterocycles. The molecule has 0 saturated heterocycles. The Kier molecular flexibility index (Phi) is 4.14. The summed E-state index contributed by atoms with van der Waals surface area (Å²) in [5.74, 6) is 0.443. The zero-order valence-corrected chi connectivity index (χ0v) is 10.1. The lowest BCUT2D eigenvalue weighted by molar-refractivity contribution is -0.144. The third-order valence-electron chi connectivity index (χ3n) is 4.08. The average Bonchev–Trinajstić information content (AvgIpc) is 2.70. The molecule has 1 rings (SSSR count). The summed E-state index contributed by atoms with van der Waals surface area (Å²) in [4.78, 5) is 11.4. The highest BCUT2D eigenvalue weighted by atomic mass is 16.5. The molecule has 1 aliphatic rings. The van der Waals surface area contributed by atoms with Gasteiger partial charge in [0.05, 0.1) is 13.5 Å². The third kappa shape index (κ3) is 2.71. The number of carbonyl (C=O) groups is 1. The van der Waals surface area contributed by atoms with Gasteiger partial charge in [0, 0.05) is 6.04 Å². The van der Waals surface area contributed by atoms with Gasteiger partial charge in [-0.15, -0.1) is 0 Å². The minimum absolute atomic E-state index is 0.0414. The zero-order valence-electron chi connectivity index (χ0n) is 10.1. The molecule has 2 unspecified atom stereocenters. The molecule has 1 fully saturated rings. The smallest absolute Gasteiger partial charge is 0.306 e. The first-order valence-corrected chi connectivity index (χ1v) is 5.83. The Morgan fingerprint density at radius 1 is 1.53 bits per heavy atom. The first-order valence-electron chi connectivity index (χ1n) is 5.83. The van der Waals surface area contributed by atoms with E-state index in [1.165, 1.54) is 32.8 Å².